The number of amides is 2. The lowest BCUT2D eigenvalue weighted by atomic mass is 10.1. The van der Waals surface area contributed by atoms with Gasteiger partial charge < -0.3 is 16.0 Å². The summed E-state index contributed by atoms with van der Waals surface area (Å²) < 4.78 is 0. The number of rotatable bonds is 6. The van der Waals surface area contributed by atoms with Crippen LogP contribution in [0.1, 0.15) is 35.2 Å². The summed E-state index contributed by atoms with van der Waals surface area (Å²) in [6.45, 7) is 4.04. The van der Waals surface area contributed by atoms with Crippen molar-refractivity contribution in [1.82, 2.24) is 15.6 Å². The van der Waals surface area contributed by atoms with E-state index in [2.05, 4.69) is 33.1 Å². The van der Waals surface area contributed by atoms with E-state index in [9.17, 15) is 4.79 Å². The van der Waals surface area contributed by atoms with Crippen molar-refractivity contribution in [3.63, 3.8) is 0 Å². The molecule has 5 nitrogen and oxygen atoms in total. The van der Waals surface area contributed by atoms with Crippen molar-refractivity contribution in [2.75, 3.05) is 18.4 Å². The average Bonchev–Trinajstić information content (AvgIpc) is 2.66. The highest BCUT2D eigenvalue weighted by Crippen LogP contribution is 2.20. The number of benzene rings is 1. The molecule has 0 radical (unpaired) electrons. The molecular formula is C20H25ClN4O. The molecule has 3 rings (SSSR count). The SMILES string of the molecule is Cc1ccc(CNC(=O)NCCCc2ccc3c(n2)NCCC3)cc1Cl. The van der Waals surface area contributed by atoms with Crippen LogP contribution in [0.4, 0.5) is 10.6 Å². The standard InChI is InChI=1S/C20H25ClN4O/c1-14-6-7-15(12-18(14)21)13-24-20(26)23-11-3-5-17-9-8-16-4-2-10-22-19(16)25-17/h6-9,12H,2-5,10-11,13H2,1H3,(H,22,25)(H2,23,24,26). The highest BCUT2D eigenvalue weighted by Gasteiger charge is 2.10. The molecule has 1 aliphatic rings. The van der Waals surface area contributed by atoms with Crippen LogP contribution in [0, 0.1) is 6.92 Å². The maximum Gasteiger partial charge on any atom is 0.315 e. The molecule has 3 N–H and O–H groups in total. The van der Waals surface area contributed by atoms with Crippen LogP contribution in [0.25, 0.3) is 0 Å². The van der Waals surface area contributed by atoms with E-state index in [1.165, 1.54) is 12.0 Å². The maximum absolute atomic E-state index is 11.9. The highest BCUT2D eigenvalue weighted by atomic mass is 35.5. The molecule has 0 atom stereocenters. The number of fused-ring (bicyclic) bond motifs is 1. The van der Waals surface area contributed by atoms with E-state index >= 15 is 0 Å². The number of pyridine rings is 1. The molecule has 138 valence electrons. The number of halogens is 1. The summed E-state index contributed by atoms with van der Waals surface area (Å²) in [5.41, 5.74) is 4.38. The third-order valence-electron chi connectivity index (χ3n) is 4.54. The Morgan fingerprint density at radius 3 is 3.00 bits per heavy atom. The number of hydrogen-bond acceptors (Lipinski definition) is 3. The third kappa shape index (κ3) is 5.11. The Hall–Kier alpha value is -2.27. The van der Waals surface area contributed by atoms with Crippen molar-refractivity contribution < 1.29 is 4.79 Å². The maximum atomic E-state index is 11.9. The number of urea groups is 1. The smallest absolute Gasteiger partial charge is 0.315 e. The summed E-state index contributed by atoms with van der Waals surface area (Å²) in [6, 6.07) is 9.90. The summed E-state index contributed by atoms with van der Waals surface area (Å²) >= 11 is 6.10. The van der Waals surface area contributed by atoms with Crippen molar-refractivity contribution in [1.29, 1.82) is 0 Å². The van der Waals surface area contributed by atoms with Gasteiger partial charge in [0.1, 0.15) is 5.82 Å². The minimum atomic E-state index is -0.165. The zero-order chi connectivity index (χ0) is 18.4. The Balaban J connectivity index is 1.36. The molecule has 0 bridgehead atoms. The fourth-order valence-electron chi connectivity index (χ4n) is 2.97. The molecule has 6 heteroatoms. The van der Waals surface area contributed by atoms with Gasteiger partial charge in [-0.15, -0.1) is 0 Å². The molecule has 0 saturated heterocycles. The van der Waals surface area contributed by atoms with Crippen molar-refractivity contribution in [2.24, 2.45) is 0 Å². The Labute approximate surface area is 159 Å². The Morgan fingerprint density at radius 2 is 2.15 bits per heavy atom. The number of aryl methyl sites for hydroxylation is 3. The van der Waals surface area contributed by atoms with E-state index in [0.717, 1.165) is 53.5 Å². The second-order valence-electron chi connectivity index (χ2n) is 6.64. The quantitative estimate of drug-likeness (QED) is 0.675. The summed E-state index contributed by atoms with van der Waals surface area (Å²) in [5, 5.41) is 9.81. The molecule has 1 aromatic heterocycles. The van der Waals surface area contributed by atoms with E-state index < -0.39 is 0 Å². The van der Waals surface area contributed by atoms with E-state index in [1.54, 1.807) is 0 Å². The first-order chi connectivity index (χ1) is 12.6. The van der Waals surface area contributed by atoms with Gasteiger partial charge in [-0.25, -0.2) is 9.78 Å². The molecule has 0 spiro atoms. The molecule has 2 amide bonds. The van der Waals surface area contributed by atoms with Crippen molar-refractivity contribution in [3.05, 3.63) is 57.7 Å². The predicted molar refractivity (Wildman–Crippen MR) is 106 cm³/mol. The Bertz CT molecular complexity index is 778. The number of aromatic nitrogens is 1. The van der Waals surface area contributed by atoms with Gasteiger partial charge in [0.05, 0.1) is 0 Å². The monoisotopic (exact) mass is 372 g/mol. The largest absolute Gasteiger partial charge is 0.370 e. The first-order valence-corrected chi connectivity index (χ1v) is 9.49. The van der Waals surface area contributed by atoms with Crippen LogP contribution >= 0.6 is 11.6 Å². The van der Waals surface area contributed by atoms with Crippen molar-refractivity contribution >= 4 is 23.4 Å². The van der Waals surface area contributed by atoms with Gasteiger partial charge >= 0.3 is 6.03 Å². The molecule has 0 saturated carbocycles. The lowest BCUT2D eigenvalue weighted by Crippen LogP contribution is -2.35. The van der Waals surface area contributed by atoms with E-state index in [1.807, 2.05) is 25.1 Å². The van der Waals surface area contributed by atoms with Crippen LogP contribution in [-0.4, -0.2) is 24.1 Å². The topological polar surface area (TPSA) is 66.0 Å². The second kappa shape index (κ2) is 8.90. The van der Waals surface area contributed by atoms with Crippen molar-refractivity contribution in [2.45, 2.75) is 39.2 Å². The van der Waals surface area contributed by atoms with Crippen LogP contribution < -0.4 is 16.0 Å². The molecule has 26 heavy (non-hydrogen) atoms. The summed E-state index contributed by atoms with van der Waals surface area (Å²) in [7, 11) is 0. The third-order valence-corrected chi connectivity index (χ3v) is 4.94. The number of anilines is 1. The number of carbonyl (C=O) groups is 1. The minimum Gasteiger partial charge on any atom is -0.370 e. The molecule has 0 unspecified atom stereocenters. The minimum absolute atomic E-state index is 0.165. The normalized spacial score (nSPS) is 12.8. The van der Waals surface area contributed by atoms with Gasteiger partial charge in [-0.05, 0) is 61.4 Å². The van der Waals surface area contributed by atoms with Crippen LogP contribution in [0.3, 0.4) is 0 Å². The fraction of sp³-hybridized carbons (Fsp3) is 0.400. The van der Waals surface area contributed by atoms with E-state index in [0.29, 0.717) is 13.1 Å². The van der Waals surface area contributed by atoms with Gasteiger partial charge in [-0.1, -0.05) is 29.8 Å². The first-order valence-electron chi connectivity index (χ1n) is 9.11. The zero-order valence-electron chi connectivity index (χ0n) is 15.1. The summed E-state index contributed by atoms with van der Waals surface area (Å²) in [6.07, 6.45) is 3.98. The van der Waals surface area contributed by atoms with Gasteiger partial charge in [-0.2, -0.15) is 0 Å². The van der Waals surface area contributed by atoms with Gasteiger partial charge in [0, 0.05) is 30.4 Å². The van der Waals surface area contributed by atoms with Crippen LogP contribution in [-0.2, 0) is 19.4 Å². The van der Waals surface area contributed by atoms with Gasteiger partial charge in [0.25, 0.3) is 0 Å². The average molecular weight is 373 g/mol. The predicted octanol–water partition coefficient (Wildman–Crippen LogP) is 3.83. The van der Waals surface area contributed by atoms with E-state index in [-0.39, 0.29) is 6.03 Å². The molecule has 1 aromatic carbocycles. The zero-order valence-corrected chi connectivity index (χ0v) is 15.8. The number of nitrogens with zero attached hydrogens (tertiary/aromatic N) is 1. The molecule has 0 fully saturated rings. The van der Waals surface area contributed by atoms with E-state index in [4.69, 9.17) is 11.6 Å². The number of hydrogen-bond donors (Lipinski definition) is 3. The van der Waals surface area contributed by atoms with Gasteiger partial charge in [0.2, 0.25) is 0 Å². The Kier molecular flexibility index (Phi) is 6.34. The molecule has 2 aromatic rings. The molecule has 1 aliphatic heterocycles. The summed E-state index contributed by atoms with van der Waals surface area (Å²) in [5.74, 6) is 1.02. The first kappa shape index (κ1) is 18.5. The molecule has 0 aliphatic carbocycles. The highest BCUT2D eigenvalue weighted by molar-refractivity contribution is 6.31. The molecular weight excluding hydrogens is 348 g/mol. The lowest BCUT2D eigenvalue weighted by molar-refractivity contribution is 0.240. The fourth-order valence-corrected chi connectivity index (χ4v) is 3.17. The van der Waals surface area contributed by atoms with Crippen LogP contribution in [0.2, 0.25) is 5.02 Å². The number of nitrogens with one attached hydrogen (secondary N) is 3. The molecule has 2 heterocycles. The van der Waals surface area contributed by atoms with Gasteiger partial charge in [-0.3, -0.25) is 0 Å². The van der Waals surface area contributed by atoms with Crippen LogP contribution in [0.15, 0.2) is 30.3 Å². The van der Waals surface area contributed by atoms with Gasteiger partial charge in [0.15, 0.2) is 0 Å². The van der Waals surface area contributed by atoms with Crippen LogP contribution in [0.5, 0.6) is 0 Å². The second-order valence-corrected chi connectivity index (χ2v) is 7.04. The number of carbonyl (C=O) groups excluding carboxylic acids is 1. The summed E-state index contributed by atoms with van der Waals surface area (Å²) in [4.78, 5) is 16.6. The van der Waals surface area contributed by atoms with Crippen molar-refractivity contribution in [3.8, 4) is 0 Å². The lowest BCUT2D eigenvalue weighted by Gasteiger charge is -2.17. The Morgan fingerprint density at radius 1 is 1.27 bits per heavy atom.